The summed E-state index contributed by atoms with van der Waals surface area (Å²) in [5.41, 5.74) is 0. The van der Waals surface area contributed by atoms with Crippen molar-refractivity contribution in [1.29, 1.82) is 0 Å². The van der Waals surface area contributed by atoms with Gasteiger partial charge in [-0.1, -0.05) is 45.4 Å². The molecule has 0 heterocycles. The van der Waals surface area contributed by atoms with Crippen LogP contribution in [0.15, 0.2) is 0 Å². The van der Waals surface area contributed by atoms with Crippen molar-refractivity contribution in [2.75, 3.05) is 12.3 Å². The van der Waals surface area contributed by atoms with Crippen LogP contribution in [0.25, 0.3) is 0 Å². The minimum absolute atomic E-state index is 0. The quantitative estimate of drug-likeness (QED) is 0.592. The van der Waals surface area contributed by atoms with Gasteiger partial charge in [0.05, 0.1) is 0 Å². The van der Waals surface area contributed by atoms with Crippen molar-refractivity contribution in [3.63, 3.8) is 0 Å². The van der Waals surface area contributed by atoms with Crippen molar-refractivity contribution in [1.82, 2.24) is 0 Å². The second kappa shape index (κ2) is 8.75. The molecule has 16 heavy (non-hydrogen) atoms. The molecule has 1 atom stereocenters. The van der Waals surface area contributed by atoms with Crippen LogP contribution in [0, 0.1) is 5.92 Å². The maximum atomic E-state index is 11.8. The van der Waals surface area contributed by atoms with E-state index in [2.05, 4.69) is 6.92 Å². The third-order valence-corrected chi connectivity index (χ3v) is 5.44. The standard InChI is InChI=1S/C12H25O2P.Fe/c1-2-3-10-15(13,14)11-9-12-7-5-4-6-8-12;/h12H,2-11H2,1H3,(H,13,14);. The van der Waals surface area contributed by atoms with Crippen LogP contribution < -0.4 is 0 Å². The first kappa shape index (κ1) is 16.7. The number of rotatable bonds is 6. The van der Waals surface area contributed by atoms with Crippen LogP contribution in [0.2, 0.25) is 0 Å². The molecule has 0 saturated heterocycles. The van der Waals surface area contributed by atoms with E-state index >= 15 is 0 Å². The summed E-state index contributed by atoms with van der Waals surface area (Å²) in [6, 6.07) is 0. The van der Waals surface area contributed by atoms with Crippen molar-refractivity contribution in [3.8, 4) is 0 Å². The van der Waals surface area contributed by atoms with E-state index in [1.807, 2.05) is 0 Å². The molecule has 1 N–H and O–H groups in total. The minimum atomic E-state index is -2.78. The molecule has 1 rings (SSSR count). The van der Waals surface area contributed by atoms with Gasteiger partial charge in [0.1, 0.15) is 0 Å². The Morgan fingerprint density at radius 2 is 1.81 bits per heavy atom. The molecule has 98 valence electrons. The van der Waals surface area contributed by atoms with Gasteiger partial charge in [0, 0.05) is 29.4 Å². The maximum absolute atomic E-state index is 11.8. The van der Waals surface area contributed by atoms with E-state index in [1.54, 1.807) is 0 Å². The fourth-order valence-corrected chi connectivity index (χ4v) is 4.18. The summed E-state index contributed by atoms with van der Waals surface area (Å²) in [6.45, 7) is 2.07. The van der Waals surface area contributed by atoms with Gasteiger partial charge in [-0.05, 0) is 18.8 Å². The third-order valence-electron chi connectivity index (χ3n) is 3.47. The second-order valence-electron chi connectivity index (χ2n) is 4.94. The Morgan fingerprint density at radius 1 is 1.19 bits per heavy atom. The van der Waals surface area contributed by atoms with E-state index in [-0.39, 0.29) is 17.1 Å². The summed E-state index contributed by atoms with van der Waals surface area (Å²) in [7, 11) is -2.78. The van der Waals surface area contributed by atoms with Crippen molar-refractivity contribution >= 4 is 7.37 Å². The van der Waals surface area contributed by atoms with Crippen LogP contribution in [0.4, 0.5) is 0 Å². The van der Waals surface area contributed by atoms with Crippen LogP contribution in [0.5, 0.6) is 0 Å². The number of hydrogen-bond acceptors (Lipinski definition) is 1. The molecule has 1 saturated carbocycles. The Kier molecular flexibility index (Phi) is 9.14. The first-order valence-electron chi connectivity index (χ1n) is 6.45. The SMILES string of the molecule is CCCCP(=O)(O)CCC1CCCCC1.[Fe]. The molecule has 1 aliphatic carbocycles. The summed E-state index contributed by atoms with van der Waals surface area (Å²) in [5, 5.41) is 0. The van der Waals surface area contributed by atoms with E-state index in [9.17, 15) is 9.46 Å². The fourth-order valence-electron chi connectivity index (χ4n) is 2.38. The smallest absolute Gasteiger partial charge is 0.200 e. The second-order valence-corrected chi connectivity index (χ2v) is 7.53. The van der Waals surface area contributed by atoms with Crippen molar-refractivity contribution in [2.24, 2.45) is 5.92 Å². The largest absolute Gasteiger partial charge is 0.344 e. The molecule has 0 radical (unpaired) electrons. The molecular weight excluding hydrogens is 263 g/mol. The Labute approximate surface area is 111 Å². The molecule has 4 heteroatoms. The molecule has 0 aromatic heterocycles. The summed E-state index contributed by atoms with van der Waals surface area (Å²) in [6.07, 6.45) is 10.6. The summed E-state index contributed by atoms with van der Waals surface area (Å²) < 4.78 is 11.8. The molecule has 1 fully saturated rings. The van der Waals surface area contributed by atoms with Crippen LogP contribution in [0.3, 0.4) is 0 Å². The molecule has 1 aliphatic rings. The Morgan fingerprint density at radius 3 is 2.38 bits per heavy atom. The predicted molar refractivity (Wildman–Crippen MR) is 65.7 cm³/mol. The first-order valence-corrected chi connectivity index (χ1v) is 8.48. The number of unbranched alkanes of at least 4 members (excludes halogenated alkanes) is 1. The monoisotopic (exact) mass is 288 g/mol. The van der Waals surface area contributed by atoms with E-state index in [0.29, 0.717) is 12.3 Å². The van der Waals surface area contributed by atoms with Gasteiger partial charge in [-0.2, -0.15) is 0 Å². The van der Waals surface area contributed by atoms with Crippen molar-refractivity contribution < 1.29 is 26.5 Å². The van der Waals surface area contributed by atoms with Crippen molar-refractivity contribution in [3.05, 3.63) is 0 Å². The molecule has 0 aromatic carbocycles. The van der Waals surface area contributed by atoms with Crippen molar-refractivity contribution in [2.45, 2.75) is 58.3 Å². The Bertz CT molecular complexity index is 215. The molecule has 0 amide bonds. The molecule has 0 aliphatic heterocycles. The summed E-state index contributed by atoms with van der Waals surface area (Å²) in [5.74, 6) is 0.737. The van der Waals surface area contributed by atoms with E-state index in [4.69, 9.17) is 0 Å². The molecule has 0 spiro atoms. The maximum Gasteiger partial charge on any atom is 0.200 e. The van der Waals surface area contributed by atoms with E-state index < -0.39 is 7.37 Å². The van der Waals surface area contributed by atoms with Crippen LogP contribution >= 0.6 is 7.37 Å². The van der Waals surface area contributed by atoms with Gasteiger partial charge in [0.15, 0.2) is 0 Å². The van der Waals surface area contributed by atoms with E-state index in [0.717, 1.165) is 25.2 Å². The topological polar surface area (TPSA) is 37.3 Å². The predicted octanol–water partition coefficient (Wildman–Crippen LogP) is 4.02. The fraction of sp³-hybridized carbons (Fsp3) is 1.00. The average Bonchev–Trinajstić information content (AvgIpc) is 2.25. The average molecular weight is 288 g/mol. The number of hydrogen-bond donors (Lipinski definition) is 1. The van der Waals surface area contributed by atoms with Gasteiger partial charge in [-0.15, -0.1) is 0 Å². The molecule has 2 nitrogen and oxygen atoms in total. The Hall–Kier alpha value is 0.709. The van der Waals surface area contributed by atoms with Gasteiger partial charge in [-0.3, -0.25) is 4.57 Å². The normalized spacial score (nSPS) is 21.1. The molecule has 0 aromatic rings. The van der Waals surface area contributed by atoms with Crippen LogP contribution in [-0.4, -0.2) is 17.2 Å². The molecule has 0 bridgehead atoms. The van der Waals surface area contributed by atoms with Gasteiger partial charge in [0.25, 0.3) is 0 Å². The van der Waals surface area contributed by atoms with Gasteiger partial charge >= 0.3 is 0 Å². The van der Waals surface area contributed by atoms with Crippen LogP contribution in [-0.2, 0) is 21.6 Å². The van der Waals surface area contributed by atoms with Gasteiger partial charge in [0.2, 0.25) is 7.37 Å². The Balaban J connectivity index is 0.00000225. The summed E-state index contributed by atoms with van der Waals surface area (Å²) in [4.78, 5) is 9.73. The zero-order chi connectivity index (χ0) is 11.1. The minimum Gasteiger partial charge on any atom is -0.344 e. The van der Waals surface area contributed by atoms with Gasteiger partial charge < -0.3 is 4.89 Å². The van der Waals surface area contributed by atoms with Crippen LogP contribution in [0.1, 0.15) is 58.3 Å². The third kappa shape index (κ3) is 7.12. The van der Waals surface area contributed by atoms with E-state index in [1.165, 1.54) is 32.1 Å². The zero-order valence-corrected chi connectivity index (χ0v) is 12.3. The summed E-state index contributed by atoms with van der Waals surface area (Å²) >= 11 is 0. The molecule has 1 unspecified atom stereocenters. The zero-order valence-electron chi connectivity index (χ0n) is 10.3. The first-order chi connectivity index (χ1) is 7.14. The molecular formula is C12H25FeO2P. The van der Waals surface area contributed by atoms with Gasteiger partial charge in [-0.25, -0.2) is 0 Å².